The van der Waals surface area contributed by atoms with Crippen molar-refractivity contribution in [2.24, 2.45) is 0 Å². The molecule has 8 heteroatoms. The zero-order valence-electron chi connectivity index (χ0n) is 14.8. The molecule has 2 aromatic carbocycles. The van der Waals surface area contributed by atoms with Crippen LogP contribution in [0.4, 0.5) is 4.79 Å². The fourth-order valence-corrected chi connectivity index (χ4v) is 3.67. The molecule has 1 atom stereocenters. The molecule has 8 nitrogen and oxygen atoms in total. The van der Waals surface area contributed by atoms with Crippen LogP contribution in [0.1, 0.15) is 17.9 Å². The first-order chi connectivity index (χ1) is 13.7. The average molecular weight is 376 g/mol. The van der Waals surface area contributed by atoms with E-state index in [1.807, 2.05) is 42.5 Å². The molecular formula is C20H16N4O4. The first-order valence-corrected chi connectivity index (χ1v) is 8.92. The second-order valence-corrected chi connectivity index (χ2v) is 6.70. The molecule has 1 unspecified atom stereocenters. The van der Waals surface area contributed by atoms with Gasteiger partial charge in [0.1, 0.15) is 12.3 Å². The molecule has 1 spiro atoms. The maximum Gasteiger partial charge on any atom is 0.325 e. The van der Waals surface area contributed by atoms with Gasteiger partial charge in [-0.3, -0.25) is 9.69 Å². The third kappa shape index (κ3) is 2.45. The number of hydrogen-bond donors (Lipinski definition) is 1. The van der Waals surface area contributed by atoms with Gasteiger partial charge in [-0.2, -0.15) is 4.98 Å². The predicted molar refractivity (Wildman–Crippen MR) is 97.0 cm³/mol. The number of carbonyl (C=O) groups is 2. The summed E-state index contributed by atoms with van der Waals surface area (Å²) in [5.41, 5.74) is 0.343. The van der Waals surface area contributed by atoms with Crippen molar-refractivity contribution in [1.82, 2.24) is 20.4 Å². The van der Waals surface area contributed by atoms with Crippen molar-refractivity contribution in [3.8, 4) is 17.1 Å². The van der Waals surface area contributed by atoms with Gasteiger partial charge in [0.15, 0.2) is 5.54 Å². The number of amides is 3. The molecule has 2 aliphatic heterocycles. The van der Waals surface area contributed by atoms with E-state index in [1.165, 1.54) is 0 Å². The number of nitrogens with zero attached hydrogens (tertiary/aromatic N) is 3. The second-order valence-electron chi connectivity index (χ2n) is 6.70. The largest absolute Gasteiger partial charge is 0.493 e. The summed E-state index contributed by atoms with van der Waals surface area (Å²) in [6, 6.07) is 16.1. The van der Waals surface area contributed by atoms with Crippen LogP contribution in [0, 0.1) is 0 Å². The predicted octanol–water partition coefficient (Wildman–Crippen LogP) is 2.47. The normalized spacial score (nSPS) is 20.8. The van der Waals surface area contributed by atoms with Gasteiger partial charge in [-0.25, -0.2) is 4.79 Å². The van der Waals surface area contributed by atoms with Gasteiger partial charge in [-0.15, -0.1) is 0 Å². The molecule has 2 aliphatic rings. The van der Waals surface area contributed by atoms with E-state index in [2.05, 4.69) is 15.5 Å². The molecule has 1 N–H and O–H groups in total. The minimum atomic E-state index is -1.12. The van der Waals surface area contributed by atoms with Crippen LogP contribution in [0.3, 0.4) is 0 Å². The summed E-state index contributed by atoms with van der Waals surface area (Å²) in [4.78, 5) is 31.3. The maximum atomic E-state index is 13.2. The number of fused-ring (bicyclic) bond motifs is 2. The SMILES string of the molecule is O=C1NC2(CCOc3ccccc32)C(=O)N1Cc1nc(-c2ccccc2)no1. The van der Waals surface area contributed by atoms with Crippen molar-refractivity contribution in [2.45, 2.75) is 18.5 Å². The highest BCUT2D eigenvalue weighted by molar-refractivity contribution is 6.07. The number of carbonyl (C=O) groups excluding carboxylic acids is 2. The van der Waals surface area contributed by atoms with Crippen molar-refractivity contribution in [2.75, 3.05) is 6.61 Å². The van der Waals surface area contributed by atoms with Crippen molar-refractivity contribution in [3.05, 3.63) is 66.1 Å². The second kappa shape index (κ2) is 6.19. The highest BCUT2D eigenvalue weighted by Crippen LogP contribution is 2.41. The first kappa shape index (κ1) is 16.5. The maximum absolute atomic E-state index is 13.2. The summed E-state index contributed by atoms with van der Waals surface area (Å²) in [5, 5.41) is 6.79. The van der Waals surface area contributed by atoms with Gasteiger partial charge in [-0.05, 0) is 6.07 Å². The zero-order chi connectivity index (χ0) is 19.1. The Morgan fingerprint density at radius 3 is 2.71 bits per heavy atom. The number of nitrogens with one attached hydrogen (secondary N) is 1. The van der Waals surface area contributed by atoms with Crippen LogP contribution >= 0.6 is 0 Å². The summed E-state index contributed by atoms with van der Waals surface area (Å²) in [5.74, 6) is 0.870. The monoisotopic (exact) mass is 376 g/mol. The van der Waals surface area contributed by atoms with Gasteiger partial charge in [0.2, 0.25) is 11.7 Å². The standard InChI is InChI=1S/C20H16N4O4/c25-18-20(10-11-27-15-9-5-4-8-14(15)20)22-19(26)24(18)12-16-21-17(23-28-16)13-6-2-1-3-7-13/h1-9H,10-12H2,(H,22,26). The summed E-state index contributed by atoms with van der Waals surface area (Å²) >= 11 is 0. The van der Waals surface area contributed by atoms with Gasteiger partial charge in [-0.1, -0.05) is 53.7 Å². The number of aromatic nitrogens is 2. The van der Waals surface area contributed by atoms with E-state index in [4.69, 9.17) is 9.26 Å². The minimum Gasteiger partial charge on any atom is -0.493 e. The molecule has 0 aliphatic carbocycles. The Bertz CT molecular complexity index is 1060. The van der Waals surface area contributed by atoms with Crippen molar-refractivity contribution >= 4 is 11.9 Å². The van der Waals surface area contributed by atoms with Crippen LogP contribution in [0.25, 0.3) is 11.4 Å². The van der Waals surface area contributed by atoms with Crippen LogP contribution in [0.15, 0.2) is 59.1 Å². The Labute approximate surface area is 160 Å². The van der Waals surface area contributed by atoms with E-state index in [-0.39, 0.29) is 18.3 Å². The molecule has 1 fully saturated rings. The number of hydrogen-bond acceptors (Lipinski definition) is 6. The highest BCUT2D eigenvalue weighted by atomic mass is 16.5. The minimum absolute atomic E-state index is 0.0880. The lowest BCUT2D eigenvalue weighted by Gasteiger charge is -2.33. The Morgan fingerprint density at radius 2 is 1.86 bits per heavy atom. The van der Waals surface area contributed by atoms with E-state index in [1.54, 1.807) is 12.1 Å². The Morgan fingerprint density at radius 1 is 1.07 bits per heavy atom. The Hall–Kier alpha value is -3.68. The fourth-order valence-electron chi connectivity index (χ4n) is 3.67. The lowest BCUT2D eigenvalue weighted by atomic mass is 9.84. The highest BCUT2D eigenvalue weighted by Gasteiger charge is 2.55. The smallest absolute Gasteiger partial charge is 0.325 e. The van der Waals surface area contributed by atoms with Gasteiger partial charge >= 0.3 is 6.03 Å². The van der Waals surface area contributed by atoms with Crippen LogP contribution in [-0.4, -0.2) is 33.6 Å². The quantitative estimate of drug-likeness (QED) is 0.705. The van der Waals surface area contributed by atoms with Crippen LogP contribution in [0.5, 0.6) is 5.75 Å². The van der Waals surface area contributed by atoms with E-state index >= 15 is 0 Å². The molecule has 0 saturated carbocycles. The first-order valence-electron chi connectivity index (χ1n) is 8.92. The molecule has 5 rings (SSSR count). The van der Waals surface area contributed by atoms with E-state index < -0.39 is 11.6 Å². The van der Waals surface area contributed by atoms with Crippen LogP contribution in [0.2, 0.25) is 0 Å². The summed E-state index contributed by atoms with van der Waals surface area (Å²) in [6.45, 7) is 0.255. The molecule has 3 aromatic rings. The number of ether oxygens (including phenoxy) is 1. The van der Waals surface area contributed by atoms with Crippen molar-refractivity contribution in [3.63, 3.8) is 0 Å². The fraction of sp³-hybridized carbons (Fsp3) is 0.200. The van der Waals surface area contributed by atoms with Gasteiger partial charge in [0.25, 0.3) is 5.91 Å². The molecule has 0 radical (unpaired) electrons. The Balaban J connectivity index is 1.43. The molecule has 0 bridgehead atoms. The lowest BCUT2D eigenvalue weighted by molar-refractivity contribution is -0.133. The van der Waals surface area contributed by atoms with E-state index in [0.29, 0.717) is 30.2 Å². The number of benzene rings is 2. The number of imide groups is 1. The molecule has 1 saturated heterocycles. The molecule has 3 amide bonds. The van der Waals surface area contributed by atoms with Gasteiger partial charge < -0.3 is 14.6 Å². The lowest BCUT2D eigenvalue weighted by Crippen LogP contribution is -2.47. The van der Waals surface area contributed by atoms with Gasteiger partial charge in [0, 0.05) is 17.5 Å². The molecule has 1 aromatic heterocycles. The molecule has 3 heterocycles. The third-order valence-corrected chi connectivity index (χ3v) is 5.05. The summed E-state index contributed by atoms with van der Waals surface area (Å²) < 4.78 is 10.9. The van der Waals surface area contributed by atoms with Crippen LogP contribution in [-0.2, 0) is 16.9 Å². The number of urea groups is 1. The topological polar surface area (TPSA) is 97.6 Å². The summed E-state index contributed by atoms with van der Waals surface area (Å²) in [7, 11) is 0. The molecular weight excluding hydrogens is 360 g/mol. The molecule has 28 heavy (non-hydrogen) atoms. The van der Waals surface area contributed by atoms with Gasteiger partial charge in [0.05, 0.1) is 6.61 Å². The van der Waals surface area contributed by atoms with Crippen LogP contribution < -0.4 is 10.1 Å². The Kier molecular flexibility index (Phi) is 3.65. The molecule has 140 valence electrons. The zero-order valence-corrected chi connectivity index (χ0v) is 14.8. The number of rotatable bonds is 3. The van der Waals surface area contributed by atoms with E-state index in [0.717, 1.165) is 10.5 Å². The number of para-hydroxylation sites is 1. The van der Waals surface area contributed by atoms with Crippen molar-refractivity contribution < 1.29 is 18.8 Å². The average Bonchev–Trinajstić information content (AvgIpc) is 3.29. The third-order valence-electron chi connectivity index (χ3n) is 5.05. The van der Waals surface area contributed by atoms with Crippen molar-refractivity contribution in [1.29, 1.82) is 0 Å². The summed E-state index contributed by atoms with van der Waals surface area (Å²) in [6.07, 6.45) is 0.365. The van der Waals surface area contributed by atoms with E-state index in [9.17, 15) is 9.59 Å².